The number of ether oxygens (including phenoxy) is 2. The van der Waals surface area contributed by atoms with Crippen LogP contribution in [-0.4, -0.2) is 70.9 Å². The third-order valence-corrected chi connectivity index (χ3v) is 7.63. The highest BCUT2D eigenvalue weighted by molar-refractivity contribution is 7.98. The first-order valence-corrected chi connectivity index (χ1v) is 13.0. The number of rotatable bonds is 5. The average Bonchev–Trinajstić information content (AvgIpc) is 3.17. The highest BCUT2D eigenvalue weighted by Gasteiger charge is 2.33. The molecular weight excluding hydrogens is 446 g/mol. The Morgan fingerprint density at radius 2 is 2.00 bits per heavy atom. The lowest BCUT2D eigenvalue weighted by Crippen LogP contribution is -2.39. The molecule has 5 rings (SSSR count). The second-order valence-electron chi connectivity index (χ2n) is 8.96. The molecule has 0 spiro atoms. The third kappa shape index (κ3) is 3.92. The number of thiophene rings is 1. The number of hydrogen-bond acceptors (Lipinski definition) is 10. The fraction of sp³-hybridized carbons (Fsp3) is 0.591. The molecule has 0 bridgehead atoms. The fourth-order valence-corrected chi connectivity index (χ4v) is 5.80. The zero-order valence-electron chi connectivity index (χ0n) is 18.9. The van der Waals surface area contributed by atoms with Crippen LogP contribution in [0, 0.1) is 0 Å². The van der Waals surface area contributed by atoms with Crippen molar-refractivity contribution in [2.45, 2.75) is 50.6 Å². The average molecular weight is 476 g/mol. The molecule has 5 heterocycles. The first kappa shape index (κ1) is 22.1. The molecule has 1 atom stereocenters. The van der Waals surface area contributed by atoms with Gasteiger partial charge in [0.1, 0.15) is 16.5 Å². The van der Waals surface area contributed by atoms with Crippen molar-refractivity contribution in [1.29, 1.82) is 0 Å². The van der Waals surface area contributed by atoms with Crippen molar-refractivity contribution in [3.63, 3.8) is 0 Å². The van der Waals surface area contributed by atoms with Gasteiger partial charge in [0.15, 0.2) is 5.16 Å². The molecule has 0 aliphatic carbocycles. The Morgan fingerprint density at radius 3 is 2.72 bits per heavy atom. The highest BCUT2D eigenvalue weighted by atomic mass is 32.2. The van der Waals surface area contributed by atoms with Crippen molar-refractivity contribution in [2.75, 3.05) is 49.4 Å². The Labute approximate surface area is 195 Å². The number of thioether (sulfide) groups is 1. The van der Waals surface area contributed by atoms with Crippen LogP contribution in [0.3, 0.4) is 0 Å². The quantitative estimate of drug-likeness (QED) is 0.425. The topological polar surface area (TPSA) is 92.6 Å². The second-order valence-corrected chi connectivity index (χ2v) is 10.7. The van der Waals surface area contributed by atoms with E-state index in [1.165, 1.54) is 22.9 Å². The fourth-order valence-electron chi connectivity index (χ4n) is 4.34. The van der Waals surface area contributed by atoms with E-state index < -0.39 is 0 Å². The third-order valence-electron chi connectivity index (χ3n) is 6.00. The van der Waals surface area contributed by atoms with Crippen molar-refractivity contribution in [1.82, 2.24) is 15.0 Å². The largest absolute Gasteiger partial charge is 0.394 e. The summed E-state index contributed by atoms with van der Waals surface area (Å²) in [5.41, 5.74) is 3.14. The Bertz CT molecular complexity index is 1160. The summed E-state index contributed by atoms with van der Waals surface area (Å²) in [5, 5.41) is 14.8. The first-order valence-electron chi connectivity index (χ1n) is 10.9. The molecule has 0 unspecified atom stereocenters. The van der Waals surface area contributed by atoms with E-state index in [0.717, 1.165) is 51.6 Å². The predicted molar refractivity (Wildman–Crippen MR) is 130 cm³/mol. The zero-order chi connectivity index (χ0) is 22.5. The summed E-state index contributed by atoms with van der Waals surface area (Å²) in [5.74, 6) is 1.77. The van der Waals surface area contributed by atoms with Gasteiger partial charge >= 0.3 is 0 Å². The van der Waals surface area contributed by atoms with E-state index in [2.05, 4.69) is 24.1 Å². The van der Waals surface area contributed by atoms with Crippen LogP contribution >= 0.6 is 23.1 Å². The van der Waals surface area contributed by atoms with E-state index in [-0.39, 0.29) is 18.2 Å². The van der Waals surface area contributed by atoms with Gasteiger partial charge in [-0.1, -0.05) is 11.8 Å². The summed E-state index contributed by atoms with van der Waals surface area (Å²) >= 11 is 3.14. The molecule has 0 radical (unpaired) electrons. The lowest BCUT2D eigenvalue weighted by molar-refractivity contribution is -0.0396. The van der Waals surface area contributed by atoms with Gasteiger partial charge in [-0.05, 0) is 32.6 Å². The summed E-state index contributed by atoms with van der Waals surface area (Å²) in [6, 6.07) is -0.105. The Hall–Kier alpha value is -1.72. The Kier molecular flexibility index (Phi) is 5.91. The summed E-state index contributed by atoms with van der Waals surface area (Å²) in [4.78, 5) is 18.1. The van der Waals surface area contributed by atoms with Gasteiger partial charge in [0, 0.05) is 36.5 Å². The SMILES string of the molecule is CSc1nc(N[C@@H](C)CO)c2sc3nc(N4CCOCC4)c4c(c3c2n1)CC(C)(C)OC4. The normalized spacial score (nSPS) is 19.3. The number of aliphatic hydroxyl groups excluding tert-OH is 1. The number of hydrogen-bond donors (Lipinski definition) is 2. The summed E-state index contributed by atoms with van der Waals surface area (Å²) in [7, 11) is 0. The van der Waals surface area contributed by atoms with Gasteiger partial charge in [-0.15, -0.1) is 11.3 Å². The van der Waals surface area contributed by atoms with Crippen LogP contribution in [0.2, 0.25) is 0 Å². The van der Waals surface area contributed by atoms with Gasteiger partial charge < -0.3 is 24.8 Å². The van der Waals surface area contributed by atoms with Crippen LogP contribution in [0.1, 0.15) is 31.9 Å². The molecule has 2 aliphatic rings. The van der Waals surface area contributed by atoms with Crippen molar-refractivity contribution >= 4 is 55.2 Å². The molecular formula is C22H29N5O3S2. The molecule has 0 aromatic carbocycles. The molecule has 10 heteroatoms. The van der Waals surface area contributed by atoms with Crippen LogP contribution in [0.5, 0.6) is 0 Å². The van der Waals surface area contributed by atoms with Crippen LogP contribution in [0.15, 0.2) is 5.16 Å². The number of aromatic nitrogens is 3. The number of pyridine rings is 1. The van der Waals surface area contributed by atoms with Crippen LogP contribution in [0.25, 0.3) is 20.4 Å². The number of nitrogens with zero attached hydrogens (tertiary/aromatic N) is 4. The lowest BCUT2D eigenvalue weighted by atomic mass is 9.90. The number of morpholine rings is 1. The monoisotopic (exact) mass is 475 g/mol. The minimum Gasteiger partial charge on any atom is -0.394 e. The molecule has 0 amide bonds. The number of aliphatic hydroxyl groups is 1. The maximum atomic E-state index is 9.58. The molecule has 2 N–H and O–H groups in total. The molecule has 1 fully saturated rings. The lowest BCUT2D eigenvalue weighted by Gasteiger charge is -2.36. The second kappa shape index (κ2) is 8.57. The predicted octanol–water partition coefficient (Wildman–Crippen LogP) is 3.44. The van der Waals surface area contributed by atoms with Crippen molar-refractivity contribution < 1.29 is 14.6 Å². The standard InChI is InChI=1S/C22H29N5O3S2/c1-12(10-28)23-18-17-16(24-21(25-18)31-4)15-13-9-22(2,3)30-11-14(13)19(26-20(15)32-17)27-5-7-29-8-6-27/h12,28H,5-11H2,1-4H3,(H,23,24,25)/t12-/m0/s1. The van der Waals surface area contributed by atoms with Crippen LogP contribution < -0.4 is 10.2 Å². The maximum absolute atomic E-state index is 9.58. The van der Waals surface area contributed by atoms with Gasteiger partial charge in [0.2, 0.25) is 0 Å². The Morgan fingerprint density at radius 1 is 1.22 bits per heavy atom. The van der Waals surface area contributed by atoms with Crippen molar-refractivity contribution in [2.24, 2.45) is 0 Å². The molecule has 32 heavy (non-hydrogen) atoms. The molecule has 1 saturated heterocycles. The molecule has 0 saturated carbocycles. The zero-order valence-corrected chi connectivity index (χ0v) is 20.5. The van der Waals surface area contributed by atoms with Gasteiger partial charge in [0.25, 0.3) is 0 Å². The van der Waals surface area contributed by atoms with E-state index in [1.807, 2.05) is 13.2 Å². The molecule has 3 aromatic rings. The Balaban J connectivity index is 1.78. The minimum absolute atomic E-state index is 0.0331. The van der Waals surface area contributed by atoms with Gasteiger partial charge in [-0.3, -0.25) is 0 Å². The minimum atomic E-state index is -0.250. The molecule has 2 aliphatic heterocycles. The van der Waals surface area contributed by atoms with E-state index in [1.54, 1.807) is 11.3 Å². The summed E-state index contributed by atoms with van der Waals surface area (Å²) in [6.45, 7) is 9.88. The summed E-state index contributed by atoms with van der Waals surface area (Å²) < 4.78 is 12.8. The summed E-state index contributed by atoms with van der Waals surface area (Å²) in [6.07, 6.45) is 2.79. The molecule has 3 aromatic heterocycles. The number of fused-ring (bicyclic) bond motifs is 5. The van der Waals surface area contributed by atoms with E-state index >= 15 is 0 Å². The van der Waals surface area contributed by atoms with Gasteiger partial charge in [-0.2, -0.15) is 0 Å². The van der Waals surface area contributed by atoms with Gasteiger partial charge in [-0.25, -0.2) is 15.0 Å². The van der Waals surface area contributed by atoms with Gasteiger partial charge in [0.05, 0.1) is 42.2 Å². The molecule has 8 nitrogen and oxygen atoms in total. The first-order chi connectivity index (χ1) is 15.4. The van der Waals surface area contributed by atoms with E-state index in [0.29, 0.717) is 25.0 Å². The smallest absolute Gasteiger partial charge is 0.189 e. The van der Waals surface area contributed by atoms with Crippen molar-refractivity contribution in [3.05, 3.63) is 11.1 Å². The van der Waals surface area contributed by atoms with E-state index in [4.69, 9.17) is 24.4 Å². The van der Waals surface area contributed by atoms with Crippen LogP contribution in [-0.2, 0) is 22.5 Å². The van der Waals surface area contributed by atoms with E-state index in [9.17, 15) is 5.11 Å². The van der Waals surface area contributed by atoms with Crippen molar-refractivity contribution in [3.8, 4) is 0 Å². The number of nitrogens with one attached hydrogen (secondary N) is 1. The number of anilines is 2. The molecule has 172 valence electrons. The highest BCUT2D eigenvalue weighted by Crippen LogP contribution is 2.44. The maximum Gasteiger partial charge on any atom is 0.189 e. The van der Waals surface area contributed by atoms with Crippen LogP contribution in [0.4, 0.5) is 11.6 Å².